The molecule has 1 atom stereocenters. The summed E-state index contributed by atoms with van der Waals surface area (Å²) in [6.07, 6.45) is -4.35. The van der Waals surface area contributed by atoms with E-state index in [-0.39, 0.29) is 11.8 Å². The zero-order valence-electron chi connectivity index (χ0n) is 9.63. The molecule has 2 N–H and O–H groups in total. The summed E-state index contributed by atoms with van der Waals surface area (Å²) >= 11 is 5.93. The molecule has 0 saturated heterocycles. The van der Waals surface area contributed by atoms with E-state index in [1.165, 1.54) is 12.1 Å². The Kier molecular flexibility index (Phi) is 4.07. The highest BCUT2D eigenvalue weighted by Gasteiger charge is 2.29. The van der Waals surface area contributed by atoms with E-state index < -0.39 is 25.4 Å². The summed E-state index contributed by atoms with van der Waals surface area (Å²) < 4.78 is 46.7. The molecular weight excluding hydrogens is 287 g/mol. The SMILES string of the molecule is OCC(NCC(F)(F)F)c1cc(Cl)c2c(c1)OCO2. The Hall–Kier alpha value is -1.18. The van der Waals surface area contributed by atoms with Gasteiger partial charge in [0.2, 0.25) is 6.79 Å². The van der Waals surface area contributed by atoms with Crippen molar-refractivity contribution in [1.82, 2.24) is 5.32 Å². The lowest BCUT2D eigenvalue weighted by Crippen LogP contribution is -2.33. The number of fused-ring (bicyclic) bond motifs is 1. The molecule has 1 aromatic carbocycles. The van der Waals surface area contributed by atoms with E-state index in [0.29, 0.717) is 17.1 Å². The molecular formula is C11H11ClF3NO3. The van der Waals surface area contributed by atoms with E-state index in [1.54, 1.807) is 0 Å². The average molecular weight is 298 g/mol. The van der Waals surface area contributed by atoms with Gasteiger partial charge in [-0.25, -0.2) is 0 Å². The molecule has 8 heteroatoms. The summed E-state index contributed by atoms with van der Waals surface area (Å²) in [5, 5.41) is 11.6. The molecule has 106 valence electrons. The van der Waals surface area contributed by atoms with Crippen molar-refractivity contribution in [2.24, 2.45) is 0 Å². The van der Waals surface area contributed by atoms with Crippen molar-refractivity contribution in [2.45, 2.75) is 12.2 Å². The van der Waals surface area contributed by atoms with Crippen molar-refractivity contribution >= 4 is 11.6 Å². The van der Waals surface area contributed by atoms with Crippen molar-refractivity contribution in [3.05, 3.63) is 22.7 Å². The lowest BCUT2D eigenvalue weighted by atomic mass is 10.1. The predicted octanol–water partition coefficient (Wildman–Crippen LogP) is 2.25. The molecule has 1 heterocycles. The second kappa shape index (κ2) is 5.44. The molecule has 0 aliphatic carbocycles. The zero-order valence-corrected chi connectivity index (χ0v) is 10.4. The van der Waals surface area contributed by atoms with Crippen molar-refractivity contribution in [2.75, 3.05) is 19.9 Å². The van der Waals surface area contributed by atoms with Crippen LogP contribution >= 0.6 is 11.6 Å². The Labute approximate surface area is 112 Å². The molecule has 0 radical (unpaired) electrons. The fourth-order valence-electron chi connectivity index (χ4n) is 1.72. The van der Waals surface area contributed by atoms with E-state index in [4.69, 9.17) is 21.1 Å². The third-order valence-corrected chi connectivity index (χ3v) is 2.86. The summed E-state index contributed by atoms with van der Waals surface area (Å²) in [6.45, 7) is -1.69. The Morgan fingerprint density at radius 2 is 2.11 bits per heavy atom. The molecule has 0 spiro atoms. The van der Waals surface area contributed by atoms with Gasteiger partial charge in [-0.2, -0.15) is 13.2 Å². The second-order valence-electron chi connectivity index (χ2n) is 3.97. The number of ether oxygens (including phenoxy) is 2. The molecule has 1 aliphatic rings. The van der Waals surface area contributed by atoms with Gasteiger partial charge in [0.1, 0.15) is 0 Å². The quantitative estimate of drug-likeness (QED) is 0.895. The lowest BCUT2D eigenvalue weighted by molar-refractivity contribution is -0.126. The highest BCUT2D eigenvalue weighted by atomic mass is 35.5. The fourth-order valence-corrected chi connectivity index (χ4v) is 1.99. The molecule has 4 nitrogen and oxygen atoms in total. The monoisotopic (exact) mass is 297 g/mol. The Morgan fingerprint density at radius 1 is 1.37 bits per heavy atom. The van der Waals surface area contributed by atoms with Gasteiger partial charge in [0, 0.05) is 0 Å². The molecule has 1 aliphatic heterocycles. The number of aliphatic hydroxyl groups excluding tert-OH is 1. The predicted molar refractivity (Wildman–Crippen MR) is 61.5 cm³/mol. The standard InChI is InChI=1S/C11H11ClF3NO3/c12-7-1-6(2-9-10(7)19-5-18-9)8(3-17)16-4-11(13,14)15/h1-2,8,16-17H,3-5H2. The summed E-state index contributed by atoms with van der Waals surface area (Å²) in [5.41, 5.74) is 0.404. The van der Waals surface area contributed by atoms with Crippen LogP contribution < -0.4 is 14.8 Å². The average Bonchev–Trinajstić information content (AvgIpc) is 2.77. The number of benzene rings is 1. The minimum absolute atomic E-state index is 0.0122. The minimum atomic E-state index is -4.35. The van der Waals surface area contributed by atoms with Crippen LogP contribution in [-0.2, 0) is 0 Å². The van der Waals surface area contributed by atoms with Crippen molar-refractivity contribution in [1.29, 1.82) is 0 Å². The van der Waals surface area contributed by atoms with Crippen LogP contribution in [0.5, 0.6) is 11.5 Å². The number of hydrogen-bond donors (Lipinski definition) is 2. The topological polar surface area (TPSA) is 50.7 Å². The third kappa shape index (κ3) is 3.43. The molecule has 0 amide bonds. The summed E-state index contributed by atoms with van der Waals surface area (Å²) in [6, 6.07) is 2.06. The Morgan fingerprint density at radius 3 is 2.74 bits per heavy atom. The molecule has 0 fully saturated rings. The van der Waals surface area contributed by atoms with E-state index >= 15 is 0 Å². The van der Waals surface area contributed by atoms with Crippen molar-refractivity contribution in [3.8, 4) is 11.5 Å². The molecule has 0 bridgehead atoms. The number of nitrogens with one attached hydrogen (secondary N) is 1. The van der Waals surface area contributed by atoms with E-state index in [9.17, 15) is 18.3 Å². The fraction of sp³-hybridized carbons (Fsp3) is 0.455. The summed E-state index contributed by atoms with van der Waals surface area (Å²) in [7, 11) is 0. The van der Waals surface area contributed by atoms with Crippen LogP contribution in [0, 0.1) is 0 Å². The minimum Gasteiger partial charge on any atom is -0.454 e. The van der Waals surface area contributed by atoms with Gasteiger partial charge in [-0.05, 0) is 17.7 Å². The van der Waals surface area contributed by atoms with Gasteiger partial charge in [-0.3, -0.25) is 5.32 Å². The molecule has 1 unspecified atom stereocenters. The van der Waals surface area contributed by atoms with Crippen molar-refractivity contribution in [3.63, 3.8) is 0 Å². The van der Waals surface area contributed by atoms with Gasteiger partial charge in [0.25, 0.3) is 0 Å². The zero-order chi connectivity index (χ0) is 14.0. The second-order valence-corrected chi connectivity index (χ2v) is 4.37. The van der Waals surface area contributed by atoms with Gasteiger partial charge in [0.15, 0.2) is 11.5 Å². The Bertz CT molecular complexity index is 467. The van der Waals surface area contributed by atoms with Crippen LogP contribution in [0.1, 0.15) is 11.6 Å². The lowest BCUT2D eigenvalue weighted by Gasteiger charge is -2.18. The summed E-state index contributed by atoms with van der Waals surface area (Å²) in [5.74, 6) is 0.715. The molecule has 0 aromatic heterocycles. The molecule has 2 rings (SSSR count). The van der Waals surface area contributed by atoms with Gasteiger partial charge >= 0.3 is 6.18 Å². The number of hydrogen-bond acceptors (Lipinski definition) is 4. The van der Waals surface area contributed by atoms with E-state index in [0.717, 1.165) is 0 Å². The van der Waals surface area contributed by atoms with Gasteiger partial charge in [-0.1, -0.05) is 11.6 Å². The maximum absolute atomic E-state index is 12.2. The number of rotatable bonds is 4. The summed E-state index contributed by atoms with van der Waals surface area (Å²) in [4.78, 5) is 0. The van der Waals surface area contributed by atoms with Crippen LogP contribution in [0.15, 0.2) is 12.1 Å². The van der Waals surface area contributed by atoms with Gasteiger partial charge in [-0.15, -0.1) is 0 Å². The van der Waals surface area contributed by atoms with E-state index in [1.807, 2.05) is 0 Å². The number of halogens is 4. The largest absolute Gasteiger partial charge is 0.454 e. The van der Waals surface area contributed by atoms with Crippen LogP contribution in [0.2, 0.25) is 5.02 Å². The molecule has 1 aromatic rings. The number of alkyl halides is 3. The van der Waals surface area contributed by atoms with Crippen LogP contribution in [0.25, 0.3) is 0 Å². The highest BCUT2D eigenvalue weighted by molar-refractivity contribution is 6.32. The van der Waals surface area contributed by atoms with Crippen LogP contribution in [0.4, 0.5) is 13.2 Å². The maximum Gasteiger partial charge on any atom is 0.401 e. The van der Waals surface area contributed by atoms with Crippen LogP contribution in [-0.4, -0.2) is 31.2 Å². The first-order chi connectivity index (χ1) is 8.90. The first-order valence-corrected chi connectivity index (χ1v) is 5.78. The maximum atomic E-state index is 12.2. The molecule has 0 saturated carbocycles. The van der Waals surface area contributed by atoms with E-state index in [2.05, 4.69) is 5.32 Å². The Balaban J connectivity index is 2.17. The van der Waals surface area contributed by atoms with Crippen molar-refractivity contribution < 1.29 is 27.8 Å². The molecule has 19 heavy (non-hydrogen) atoms. The first kappa shape index (κ1) is 14.2. The van der Waals surface area contributed by atoms with Gasteiger partial charge < -0.3 is 14.6 Å². The van der Waals surface area contributed by atoms with Gasteiger partial charge in [0.05, 0.1) is 24.2 Å². The third-order valence-electron chi connectivity index (χ3n) is 2.58. The first-order valence-electron chi connectivity index (χ1n) is 5.41. The van der Waals surface area contributed by atoms with Crippen LogP contribution in [0.3, 0.4) is 0 Å². The number of aliphatic hydroxyl groups is 1. The highest BCUT2D eigenvalue weighted by Crippen LogP contribution is 2.41. The normalized spacial score (nSPS) is 15.6. The smallest absolute Gasteiger partial charge is 0.401 e.